The molecule has 0 spiro atoms. The summed E-state index contributed by atoms with van der Waals surface area (Å²) < 4.78 is 29.4. The summed E-state index contributed by atoms with van der Waals surface area (Å²) in [5.74, 6) is -1.10. The van der Waals surface area contributed by atoms with Gasteiger partial charge in [-0.25, -0.2) is 18.7 Å². The smallest absolute Gasteiger partial charge is 0.161 e. The zero-order valence-electron chi connectivity index (χ0n) is 15.9. The Morgan fingerprint density at radius 1 is 0.966 bits per heavy atom. The maximum atomic E-state index is 14.0. The van der Waals surface area contributed by atoms with Gasteiger partial charge in [0.25, 0.3) is 0 Å². The number of hydrogen-bond donors (Lipinski definition) is 0. The number of hydrogen-bond acceptors (Lipinski definition) is 5. The van der Waals surface area contributed by atoms with Crippen molar-refractivity contribution >= 4 is 33.5 Å². The molecule has 6 nitrogen and oxygen atoms in total. The number of likely N-dealkylation sites (N-methyl/N-ethyl adjacent to an activating group) is 1. The van der Waals surface area contributed by atoms with Crippen molar-refractivity contribution in [2.24, 2.45) is 0 Å². The molecule has 0 radical (unpaired) electrons. The highest BCUT2D eigenvalue weighted by molar-refractivity contribution is 5.91. The Kier molecular flexibility index (Phi) is 4.07. The summed E-state index contributed by atoms with van der Waals surface area (Å²) in [6.07, 6.45) is 1.04. The van der Waals surface area contributed by atoms with E-state index in [1.807, 2.05) is 12.1 Å². The quantitative estimate of drug-likeness (QED) is 0.497. The maximum Gasteiger partial charge on any atom is 0.161 e. The number of aromatic nitrogens is 3. The first-order chi connectivity index (χ1) is 14.0. The molecule has 0 amide bonds. The van der Waals surface area contributed by atoms with E-state index in [1.165, 1.54) is 0 Å². The van der Waals surface area contributed by atoms with E-state index >= 15 is 0 Å². The Balaban J connectivity index is 1.79. The molecule has 0 unspecified atom stereocenters. The molecule has 5 rings (SSSR count). The lowest BCUT2D eigenvalue weighted by Gasteiger charge is -2.22. The number of pyridine rings is 2. The van der Waals surface area contributed by atoms with Crippen molar-refractivity contribution in [2.75, 3.05) is 38.1 Å². The summed E-state index contributed by atoms with van der Waals surface area (Å²) in [7, 11) is 2.11. The van der Waals surface area contributed by atoms with Crippen molar-refractivity contribution in [1.29, 1.82) is 5.26 Å². The summed E-state index contributed by atoms with van der Waals surface area (Å²) in [5, 5.41) is 10.3. The topological polar surface area (TPSA) is 60.5 Å². The Bertz CT molecular complexity index is 1310. The van der Waals surface area contributed by atoms with E-state index in [4.69, 9.17) is 4.98 Å². The molecule has 4 aromatic rings. The average molecular weight is 392 g/mol. The molecule has 1 saturated heterocycles. The molecule has 1 aromatic carbocycles. The van der Waals surface area contributed by atoms with Crippen molar-refractivity contribution in [3.05, 3.63) is 47.5 Å². The largest absolute Gasteiger partial charge is 0.355 e. The number of imidazole rings is 1. The zero-order chi connectivity index (χ0) is 20.1. The van der Waals surface area contributed by atoms with Crippen molar-refractivity contribution in [3.8, 4) is 6.07 Å². The lowest BCUT2D eigenvalue weighted by atomic mass is 10.2. The molecule has 8 heteroatoms. The Morgan fingerprint density at radius 2 is 1.79 bits per heavy atom. The Labute approximate surface area is 165 Å². The van der Waals surface area contributed by atoms with Gasteiger partial charge in [0.1, 0.15) is 17.5 Å². The summed E-state index contributed by atoms with van der Waals surface area (Å²) in [6.45, 7) is 3.74. The van der Waals surface area contributed by atoms with Gasteiger partial charge in [-0.3, -0.25) is 4.40 Å². The molecule has 0 N–H and O–H groups in total. The third kappa shape index (κ3) is 2.86. The molecule has 4 heterocycles. The first kappa shape index (κ1) is 17.8. The third-order valence-electron chi connectivity index (χ3n) is 5.50. The second-order valence-corrected chi connectivity index (χ2v) is 7.42. The van der Waals surface area contributed by atoms with Crippen LogP contribution in [0.25, 0.3) is 27.7 Å². The van der Waals surface area contributed by atoms with Gasteiger partial charge in [-0.2, -0.15) is 5.26 Å². The second-order valence-electron chi connectivity index (χ2n) is 7.42. The highest BCUT2D eigenvalue weighted by Gasteiger charge is 2.18. The van der Waals surface area contributed by atoms with Crippen LogP contribution in [0.1, 0.15) is 12.0 Å². The highest BCUT2D eigenvalue weighted by atomic mass is 19.2. The zero-order valence-corrected chi connectivity index (χ0v) is 15.9. The van der Waals surface area contributed by atoms with Gasteiger partial charge < -0.3 is 9.80 Å². The van der Waals surface area contributed by atoms with Gasteiger partial charge in [-0.05, 0) is 38.2 Å². The van der Waals surface area contributed by atoms with E-state index in [0.29, 0.717) is 22.4 Å². The standard InChI is InChI=1S/C21H18F2N6/c1-27-5-2-6-28(8-7-27)19-4-3-13-9-14(12-24)21-25-17-10-15(22)16(23)11-18(17)29(21)20(13)26-19/h3-4,9-11H,2,5-8H2,1H3. The minimum absolute atomic E-state index is 0.288. The molecule has 1 fully saturated rings. The van der Waals surface area contributed by atoms with Crippen molar-refractivity contribution < 1.29 is 8.78 Å². The number of nitriles is 1. The number of anilines is 1. The van der Waals surface area contributed by atoms with E-state index in [0.717, 1.165) is 55.9 Å². The van der Waals surface area contributed by atoms with Gasteiger partial charge >= 0.3 is 0 Å². The van der Waals surface area contributed by atoms with Crippen LogP contribution in [0, 0.1) is 23.0 Å². The molecule has 1 aliphatic rings. The Morgan fingerprint density at radius 3 is 2.62 bits per heavy atom. The molecule has 0 atom stereocenters. The van der Waals surface area contributed by atoms with Crippen LogP contribution in [0.4, 0.5) is 14.6 Å². The number of benzene rings is 1. The average Bonchev–Trinajstić information content (AvgIpc) is 2.93. The predicted molar refractivity (Wildman–Crippen MR) is 107 cm³/mol. The van der Waals surface area contributed by atoms with Crippen LogP contribution in [0.3, 0.4) is 0 Å². The van der Waals surface area contributed by atoms with Gasteiger partial charge in [-0.15, -0.1) is 0 Å². The normalized spacial score (nSPS) is 15.9. The van der Waals surface area contributed by atoms with Crippen LogP contribution in [-0.4, -0.2) is 52.5 Å². The molecule has 0 saturated carbocycles. The van der Waals surface area contributed by atoms with Crippen LogP contribution in [-0.2, 0) is 0 Å². The highest BCUT2D eigenvalue weighted by Crippen LogP contribution is 2.28. The molecule has 0 aliphatic carbocycles. The van der Waals surface area contributed by atoms with Crippen LogP contribution in [0.15, 0.2) is 30.3 Å². The fourth-order valence-electron chi connectivity index (χ4n) is 3.96. The molecular formula is C21H18F2N6. The van der Waals surface area contributed by atoms with Gasteiger partial charge in [0, 0.05) is 37.2 Å². The van der Waals surface area contributed by atoms with E-state index < -0.39 is 11.6 Å². The monoisotopic (exact) mass is 392 g/mol. The van der Waals surface area contributed by atoms with E-state index in [2.05, 4.69) is 27.9 Å². The van der Waals surface area contributed by atoms with Crippen LogP contribution in [0.5, 0.6) is 0 Å². The number of nitrogens with zero attached hydrogens (tertiary/aromatic N) is 6. The number of rotatable bonds is 1. The minimum Gasteiger partial charge on any atom is -0.355 e. The van der Waals surface area contributed by atoms with Crippen molar-refractivity contribution in [1.82, 2.24) is 19.3 Å². The molecular weight excluding hydrogens is 374 g/mol. The summed E-state index contributed by atoms with van der Waals surface area (Å²) in [4.78, 5) is 13.7. The van der Waals surface area contributed by atoms with Gasteiger partial charge in [0.2, 0.25) is 0 Å². The summed E-state index contributed by atoms with van der Waals surface area (Å²) >= 11 is 0. The van der Waals surface area contributed by atoms with Crippen LogP contribution >= 0.6 is 0 Å². The first-order valence-electron chi connectivity index (χ1n) is 9.50. The molecule has 0 bridgehead atoms. The number of halogens is 2. The summed E-state index contributed by atoms with van der Waals surface area (Å²) in [6, 6.07) is 9.87. The molecule has 146 valence electrons. The van der Waals surface area contributed by atoms with E-state index in [-0.39, 0.29) is 5.52 Å². The lowest BCUT2D eigenvalue weighted by molar-refractivity contribution is 0.360. The SMILES string of the molecule is CN1CCCN(c2ccc3cc(C#N)c4nc5cc(F)c(F)cc5n4c3n2)CC1. The van der Waals surface area contributed by atoms with Crippen molar-refractivity contribution in [2.45, 2.75) is 6.42 Å². The third-order valence-corrected chi connectivity index (χ3v) is 5.50. The molecule has 3 aromatic heterocycles. The molecule has 1 aliphatic heterocycles. The number of fused-ring (bicyclic) bond motifs is 5. The predicted octanol–water partition coefficient (Wildman–Crippen LogP) is 3.33. The van der Waals surface area contributed by atoms with Crippen molar-refractivity contribution in [3.63, 3.8) is 0 Å². The fraction of sp³-hybridized carbons (Fsp3) is 0.286. The minimum atomic E-state index is -0.967. The van der Waals surface area contributed by atoms with Crippen LogP contribution < -0.4 is 4.90 Å². The Hall–Kier alpha value is -3.31. The lowest BCUT2D eigenvalue weighted by Crippen LogP contribution is -2.29. The van der Waals surface area contributed by atoms with Gasteiger partial charge in [-0.1, -0.05) is 0 Å². The second kappa shape index (κ2) is 6.64. The molecule has 29 heavy (non-hydrogen) atoms. The fourth-order valence-corrected chi connectivity index (χ4v) is 3.96. The van der Waals surface area contributed by atoms with E-state index in [9.17, 15) is 14.0 Å². The first-order valence-corrected chi connectivity index (χ1v) is 9.50. The maximum absolute atomic E-state index is 14.0. The van der Waals surface area contributed by atoms with Gasteiger partial charge in [0.05, 0.1) is 16.6 Å². The van der Waals surface area contributed by atoms with E-state index in [1.54, 1.807) is 10.5 Å². The van der Waals surface area contributed by atoms with Crippen LogP contribution in [0.2, 0.25) is 0 Å². The van der Waals surface area contributed by atoms with Gasteiger partial charge in [0.15, 0.2) is 17.3 Å². The summed E-state index contributed by atoms with van der Waals surface area (Å²) in [5.41, 5.74) is 1.93.